The van der Waals surface area contributed by atoms with Crippen molar-refractivity contribution in [3.63, 3.8) is 0 Å². The maximum Gasteiger partial charge on any atom is 0.248 e. The number of nitriles is 1. The Kier molecular flexibility index (Phi) is 6.91. The first-order valence-corrected chi connectivity index (χ1v) is 10.6. The number of nitrogens with two attached hydrogens (primary N) is 1. The molecular formula is C27H22N6O. The van der Waals surface area contributed by atoms with Crippen LogP contribution in [0.3, 0.4) is 0 Å². The fraction of sp³-hybridized carbons (Fsp3) is 0.0370. The second-order valence-electron chi connectivity index (χ2n) is 7.36. The predicted molar refractivity (Wildman–Crippen MR) is 134 cm³/mol. The smallest absolute Gasteiger partial charge is 0.248 e. The number of nitrogens with zero attached hydrogens (tertiary/aromatic N) is 5. The van der Waals surface area contributed by atoms with Crippen molar-refractivity contribution in [3.05, 3.63) is 115 Å². The number of hydrogen-bond acceptors (Lipinski definition) is 5. The highest BCUT2D eigenvalue weighted by molar-refractivity contribution is 5.92. The largest absolute Gasteiger partial charge is 0.366 e. The summed E-state index contributed by atoms with van der Waals surface area (Å²) in [6.45, 7) is 0.361. The fourth-order valence-electron chi connectivity index (χ4n) is 3.47. The summed E-state index contributed by atoms with van der Waals surface area (Å²) in [6.07, 6.45) is 7.23. The lowest BCUT2D eigenvalue weighted by Crippen LogP contribution is -2.39. The zero-order valence-electron chi connectivity index (χ0n) is 18.3. The predicted octanol–water partition coefficient (Wildman–Crippen LogP) is 4.79. The molecule has 3 aromatic carbocycles. The highest BCUT2D eigenvalue weighted by Crippen LogP contribution is 2.32. The van der Waals surface area contributed by atoms with Gasteiger partial charge in [-0.15, -0.1) is 0 Å². The Morgan fingerprint density at radius 2 is 1.62 bits per heavy atom. The summed E-state index contributed by atoms with van der Waals surface area (Å²) in [4.78, 5) is 19.9. The number of benzene rings is 3. The van der Waals surface area contributed by atoms with Crippen molar-refractivity contribution in [2.45, 2.75) is 6.54 Å². The molecule has 0 fully saturated rings. The molecule has 0 bridgehead atoms. The molecule has 1 amide bonds. The molecule has 0 aliphatic heterocycles. The Morgan fingerprint density at radius 3 is 2.29 bits per heavy atom. The lowest BCUT2D eigenvalue weighted by atomic mass is 10.0. The van der Waals surface area contributed by atoms with Gasteiger partial charge in [0.25, 0.3) is 0 Å². The first-order valence-electron chi connectivity index (χ1n) is 10.6. The molecule has 1 heterocycles. The molecule has 0 unspecified atom stereocenters. The summed E-state index contributed by atoms with van der Waals surface area (Å²) in [6, 6.07) is 28.2. The summed E-state index contributed by atoms with van der Waals surface area (Å²) in [5.41, 5.74) is 10.0. The van der Waals surface area contributed by atoms with Gasteiger partial charge in [-0.25, -0.2) is 5.01 Å². The van der Waals surface area contributed by atoms with E-state index < -0.39 is 5.91 Å². The van der Waals surface area contributed by atoms with E-state index in [9.17, 15) is 10.1 Å². The lowest BCUT2D eigenvalue weighted by Gasteiger charge is -2.30. The van der Waals surface area contributed by atoms with Gasteiger partial charge in [0.05, 0.1) is 17.9 Å². The molecule has 7 heteroatoms. The van der Waals surface area contributed by atoms with E-state index in [0.717, 1.165) is 22.4 Å². The maximum atomic E-state index is 11.3. The third kappa shape index (κ3) is 5.09. The topological polar surface area (TPSA) is 98.6 Å². The van der Waals surface area contributed by atoms with Crippen LogP contribution in [0.2, 0.25) is 0 Å². The van der Waals surface area contributed by atoms with E-state index in [1.54, 1.807) is 48.0 Å². The molecule has 0 spiro atoms. The molecule has 4 rings (SSSR count). The highest BCUT2D eigenvalue weighted by Gasteiger charge is 2.19. The third-order valence-corrected chi connectivity index (χ3v) is 5.16. The quantitative estimate of drug-likeness (QED) is 0.138. The number of primary amides is 1. The van der Waals surface area contributed by atoms with Crippen molar-refractivity contribution in [1.29, 1.82) is 5.26 Å². The van der Waals surface area contributed by atoms with E-state index in [4.69, 9.17) is 5.73 Å². The van der Waals surface area contributed by atoms with Crippen LogP contribution in [0.5, 0.6) is 0 Å². The van der Waals surface area contributed by atoms with Crippen molar-refractivity contribution in [3.8, 4) is 17.3 Å². The van der Waals surface area contributed by atoms with Crippen LogP contribution in [0.25, 0.3) is 11.1 Å². The minimum atomic E-state index is -0.472. The van der Waals surface area contributed by atoms with Gasteiger partial charge in [-0.2, -0.15) is 10.3 Å². The molecule has 0 radical (unpaired) electrons. The second-order valence-corrected chi connectivity index (χ2v) is 7.36. The fourth-order valence-corrected chi connectivity index (χ4v) is 3.47. The van der Waals surface area contributed by atoms with Crippen LogP contribution in [0.1, 0.15) is 15.9 Å². The molecule has 0 aliphatic carbocycles. The van der Waals surface area contributed by atoms with Gasteiger partial charge in [0.1, 0.15) is 6.34 Å². The molecule has 166 valence electrons. The standard InChI is InChI=1S/C27H22N6O/c28-19-32(26-9-5-4-8-25(26)22-6-2-1-3-7-22)33(24-14-16-30-17-15-24)20-31-18-21-10-12-23(13-11-21)27(29)34/h1-17,20H,18H2,(H2,29,34). The van der Waals surface area contributed by atoms with E-state index >= 15 is 0 Å². The van der Waals surface area contributed by atoms with E-state index in [1.807, 2.05) is 66.7 Å². The van der Waals surface area contributed by atoms with E-state index in [2.05, 4.69) is 16.2 Å². The Hall–Kier alpha value is -4.96. The summed E-state index contributed by atoms with van der Waals surface area (Å²) in [5.74, 6) is -0.472. The van der Waals surface area contributed by atoms with Gasteiger partial charge in [0, 0.05) is 23.5 Å². The zero-order valence-corrected chi connectivity index (χ0v) is 18.3. The van der Waals surface area contributed by atoms with Gasteiger partial charge in [0.2, 0.25) is 12.1 Å². The molecule has 1 aromatic heterocycles. The maximum absolute atomic E-state index is 11.3. The van der Waals surface area contributed by atoms with Crippen molar-refractivity contribution in [1.82, 2.24) is 4.98 Å². The van der Waals surface area contributed by atoms with Gasteiger partial charge < -0.3 is 5.73 Å². The summed E-state index contributed by atoms with van der Waals surface area (Å²) < 4.78 is 0. The average molecular weight is 447 g/mol. The Bertz CT molecular complexity index is 1310. The molecule has 0 aliphatic rings. The van der Waals surface area contributed by atoms with Crippen molar-refractivity contribution < 1.29 is 4.79 Å². The molecule has 0 saturated heterocycles. The van der Waals surface area contributed by atoms with E-state index in [0.29, 0.717) is 17.8 Å². The number of carbonyl (C=O) groups is 1. The number of hydrazine groups is 1. The summed E-state index contributed by atoms with van der Waals surface area (Å²) in [5, 5.41) is 13.4. The number of rotatable bonds is 8. The number of carbonyl (C=O) groups excluding carboxylic acids is 1. The summed E-state index contributed by atoms with van der Waals surface area (Å²) >= 11 is 0. The van der Waals surface area contributed by atoms with Crippen LogP contribution in [-0.4, -0.2) is 17.2 Å². The molecule has 7 nitrogen and oxygen atoms in total. The highest BCUT2D eigenvalue weighted by atomic mass is 16.1. The summed E-state index contributed by atoms with van der Waals surface area (Å²) in [7, 11) is 0. The molecular weight excluding hydrogens is 424 g/mol. The number of aromatic nitrogens is 1. The number of pyridine rings is 1. The number of aliphatic imine (C=N–C) groups is 1. The molecule has 0 saturated carbocycles. The molecule has 0 atom stereocenters. The van der Waals surface area contributed by atoms with Crippen molar-refractivity contribution >= 4 is 23.6 Å². The van der Waals surface area contributed by atoms with Crippen molar-refractivity contribution in [2.24, 2.45) is 10.7 Å². The number of hydrogen-bond donors (Lipinski definition) is 1. The Labute approximate surface area is 198 Å². The molecule has 4 aromatic rings. The van der Waals surface area contributed by atoms with E-state index in [-0.39, 0.29) is 0 Å². The number of anilines is 2. The third-order valence-electron chi connectivity index (χ3n) is 5.16. The minimum absolute atomic E-state index is 0.361. The molecule has 2 N–H and O–H groups in total. The van der Waals surface area contributed by atoms with Crippen LogP contribution < -0.4 is 15.8 Å². The minimum Gasteiger partial charge on any atom is -0.366 e. The van der Waals surface area contributed by atoms with Crippen molar-refractivity contribution in [2.75, 3.05) is 10.0 Å². The van der Waals surface area contributed by atoms with Gasteiger partial charge in [-0.1, -0.05) is 60.7 Å². The SMILES string of the molecule is N#CN(c1ccccc1-c1ccccc1)N(C=NCc1ccc(C(N)=O)cc1)c1ccncc1. The second kappa shape index (κ2) is 10.6. The van der Waals surface area contributed by atoms with Gasteiger partial charge in [-0.05, 0) is 41.5 Å². The van der Waals surface area contributed by atoms with Gasteiger partial charge in [-0.3, -0.25) is 14.8 Å². The number of para-hydroxylation sites is 1. The number of amides is 1. The lowest BCUT2D eigenvalue weighted by molar-refractivity contribution is 0.100. The van der Waals surface area contributed by atoms with Gasteiger partial charge in [0.15, 0.2) is 0 Å². The molecule has 34 heavy (non-hydrogen) atoms. The first-order chi connectivity index (χ1) is 16.7. The van der Waals surface area contributed by atoms with Crippen LogP contribution >= 0.6 is 0 Å². The average Bonchev–Trinajstić information content (AvgIpc) is 2.90. The van der Waals surface area contributed by atoms with Crippen LogP contribution in [-0.2, 0) is 6.54 Å². The Balaban J connectivity index is 1.68. The van der Waals surface area contributed by atoms with Gasteiger partial charge >= 0.3 is 0 Å². The van der Waals surface area contributed by atoms with Crippen LogP contribution in [0, 0.1) is 11.5 Å². The zero-order chi connectivity index (χ0) is 23.8. The Morgan fingerprint density at radius 1 is 0.941 bits per heavy atom. The van der Waals surface area contributed by atoms with Crippen LogP contribution in [0.4, 0.5) is 11.4 Å². The monoisotopic (exact) mass is 446 g/mol. The van der Waals surface area contributed by atoms with E-state index in [1.165, 1.54) is 5.01 Å². The first kappa shape index (κ1) is 22.2. The normalized spacial score (nSPS) is 10.6. The van der Waals surface area contributed by atoms with Crippen LogP contribution in [0.15, 0.2) is 108 Å².